The van der Waals surface area contributed by atoms with Crippen LogP contribution in [-0.2, 0) is 0 Å². The van der Waals surface area contributed by atoms with Crippen molar-refractivity contribution in [3.05, 3.63) is 52.5 Å². The predicted octanol–water partition coefficient (Wildman–Crippen LogP) is 2.53. The minimum atomic E-state index is -0.436. The van der Waals surface area contributed by atoms with Crippen molar-refractivity contribution in [2.45, 2.75) is 19.1 Å². The molecule has 0 saturated heterocycles. The van der Waals surface area contributed by atoms with Crippen LogP contribution in [0.3, 0.4) is 0 Å². The van der Waals surface area contributed by atoms with Crippen molar-refractivity contribution >= 4 is 11.3 Å². The topological polar surface area (TPSA) is 45.1 Å². The molecule has 3 nitrogen and oxygen atoms in total. The summed E-state index contributed by atoms with van der Waals surface area (Å²) in [7, 11) is 0. The zero-order valence-corrected chi connectivity index (χ0v) is 10.5. The van der Waals surface area contributed by atoms with Crippen molar-refractivity contribution in [2.75, 3.05) is 6.54 Å². The highest BCUT2D eigenvalue weighted by Gasteiger charge is 2.11. The van der Waals surface area contributed by atoms with Gasteiger partial charge in [0, 0.05) is 29.9 Å². The number of hydrogen-bond acceptors (Lipinski definition) is 4. The molecule has 4 heteroatoms. The molecule has 0 spiro atoms. The number of nitrogens with one attached hydrogen (secondary N) is 1. The molecule has 0 radical (unpaired) electrons. The Hall–Kier alpha value is -1.23. The highest BCUT2D eigenvalue weighted by Crippen LogP contribution is 2.19. The van der Waals surface area contributed by atoms with Gasteiger partial charge in [0.05, 0.1) is 0 Å². The first-order chi connectivity index (χ1) is 8.27. The number of thiophene rings is 1. The Kier molecular flexibility index (Phi) is 4.25. The second kappa shape index (κ2) is 5.91. The Bertz CT molecular complexity index is 430. The van der Waals surface area contributed by atoms with E-state index in [1.54, 1.807) is 17.5 Å². The highest BCUT2D eigenvalue weighted by atomic mass is 32.1. The number of aromatic nitrogens is 1. The van der Waals surface area contributed by atoms with Gasteiger partial charge in [0.1, 0.15) is 6.10 Å². The Morgan fingerprint density at radius 3 is 2.94 bits per heavy atom. The SMILES string of the molecule is C[C@@H](NCC(O)c1cccs1)c1cccnc1. The first-order valence-electron chi connectivity index (χ1n) is 5.62. The van der Waals surface area contributed by atoms with Crippen molar-refractivity contribution in [3.63, 3.8) is 0 Å². The summed E-state index contributed by atoms with van der Waals surface area (Å²) in [6.07, 6.45) is 3.17. The molecule has 90 valence electrons. The number of nitrogens with zero attached hydrogens (tertiary/aromatic N) is 1. The quantitative estimate of drug-likeness (QED) is 0.854. The van der Waals surface area contributed by atoms with Crippen LogP contribution in [0, 0.1) is 0 Å². The molecule has 0 fully saturated rings. The van der Waals surface area contributed by atoms with E-state index < -0.39 is 6.10 Å². The Morgan fingerprint density at radius 2 is 2.29 bits per heavy atom. The molecule has 2 rings (SSSR count). The Morgan fingerprint density at radius 1 is 1.41 bits per heavy atom. The van der Waals surface area contributed by atoms with E-state index in [-0.39, 0.29) is 6.04 Å². The zero-order valence-electron chi connectivity index (χ0n) is 9.71. The van der Waals surface area contributed by atoms with Gasteiger partial charge in [0.15, 0.2) is 0 Å². The second-order valence-corrected chi connectivity index (χ2v) is 4.93. The van der Waals surface area contributed by atoms with Crippen LogP contribution >= 0.6 is 11.3 Å². The molecule has 0 aliphatic carbocycles. The van der Waals surface area contributed by atoms with Crippen LogP contribution in [0.1, 0.15) is 29.5 Å². The number of aliphatic hydroxyl groups excluding tert-OH is 1. The van der Waals surface area contributed by atoms with Crippen LogP contribution in [0.15, 0.2) is 42.0 Å². The van der Waals surface area contributed by atoms with E-state index in [2.05, 4.69) is 17.2 Å². The number of rotatable bonds is 5. The average Bonchev–Trinajstić information content (AvgIpc) is 2.90. The van der Waals surface area contributed by atoms with Gasteiger partial charge in [-0.1, -0.05) is 12.1 Å². The van der Waals surface area contributed by atoms with Crippen LogP contribution in [0.4, 0.5) is 0 Å². The second-order valence-electron chi connectivity index (χ2n) is 3.95. The fourth-order valence-corrected chi connectivity index (χ4v) is 2.33. The molecule has 2 N–H and O–H groups in total. The molecule has 0 aliphatic rings. The standard InChI is InChI=1S/C13H16N2OS/c1-10(11-4-2-6-14-8-11)15-9-12(16)13-5-3-7-17-13/h2-8,10,12,15-16H,9H2,1H3/t10-,12?/m1/s1. The van der Waals surface area contributed by atoms with Crippen LogP contribution in [0.2, 0.25) is 0 Å². The lowest BCUT2D eigenvalue weighted by molar-refractivity contribution is 0.174. The number of pyridine rings is 1. The van der Waals surface area contributed by atoms with Crippen molar-refractivity contribution in [1.82, 2.24) is 10.3 Å². The van der Waals surface area contributed by atoms with Crippen molar-refractivity contribution in [2.24, 2.45) is 0 Å². The third-order valence-corrected chi connectivity index (χ3v) is 3.65. The molecular weight excluding hydrogens is 232 g/mol. The van der Waals surface area contributed by atoms with Crippen molar-refractivity contribution in [3.8, 4) is 0 Å². The summed E-state index contributed by atoms with van der Waals surface area (Å²) in [6, 6.07) is 8.04. The summed E-state index contributed by atoms with van der Waals surface area (Å²) in [4.78, 5) is 5.08. The van der Waals surface area contributed by atoms with Gasteiger partial charge >= 0.3 is 0 Å². The molecule has 0 aromatic carbocycles. The maximum atomic E-state index is 9.94. The summed E-state index contributed by atoms with van der Waals surface area (Å²) in [5.74, 6) is 0. The van der Waals surface area contributed by atoms with E-state index in [0.29, 0.717) is 6.54 Å². The maximum Gasteiger partial charge on any atom is 0.101 e. The molecular formula is C13H16N2OS. The van der Waals surface area contributed by atoms with Crippen molar-refractivity contribution < 1.29 is 5.11 Å². The first-order valence-corrected chi connectivity index (χ1v) is 6.50. The van der Waals surface area contributed by atoms with E-state index in [1.165, 1.54) is 0 Å². The van der Waals surface area contributed by atoms with Gasteiger partial charge in [-0.3, -0.25) is 4.98 Å². The van der Waals surface area contributed by atoms with Gasteiger partial charge in [-0.25, -0.2) is 0 Å². The minimum absolute atomic E-state index is 0.193. The molecule has 0 saturated carbocycles. The summed E-state index contributed by atoms with van der Waals surface area (Å²) < 4.78 is 0. The fraction of sp³-hybridized carbons (Fsp3) is 0.308. The molecule has 2 aromatic heterocycles. The van der Waals surface area contributed by atoms with Gasteiger partial charge in [0.25, 0.3) is 0 Å². The normalized spacial score (nSPS) is 14.5. The smallest absolute Gasteiger partial charge is 0.101 e. The van der Waals surface area contributed by atoms with E-state index >= 15 is 0 Å². The monoisotopic (exact) mass is 248 g/mol. The largest absolute Gasteiger partial charge is 0.386 e. The van der Waals surface area contributed by atoms with Crippen LogP contribution in [0.25, 0.3) is 0 Å². The van der Waals surface area contributed by atoms with Crippen LogP contribution in [0.5, 0.6) is 0 Å². The van der Waals surface area contributed by atoms with E-state index in [0.717, 1.165) is 10.4 Å². The first kappa shape index (κ1) is 12.2. The zero-order chi connectivity index (χ0) is 12.1. The molecule has 17 heavy (non-hydrogen) atoms. The van der Waals surface area contributed by atoms with E-state index in [1.807, 2.05) is 35.8 Å². The molecule has 1 unspecified atom stereocenters. The molecule has 0 aliphatic heterocycles. The third kappa shape index (κ3) is 3.36. The summed E-state index contributed by atoms with van der Waals surface area (Å²) in [5, 5.41) is 15.2. The molecule has 2 atom stereocenters. The number of hydrogen-bond donors (Lipinski definition) is 2. The lowest BCUT2D eigenvalue weighted by Gasteiger charge is -2.16. The molecule has 0 amide bonds. The van der Waals surface area contributed by atoms with Gasteiger partial charge < -0.3 is 10.4 Å². The Balaban J connectivity index is 1.86. The lowest BCUT2D eigenvalue weighted by Crippen LogP contribution is -2.24. The molecule has 2 aromatic rings. The summed E-state index contributed by atoms with van der Waals surface area (Å²) in [6.45, 7) is 2.62. The van der Waals surface area contributed by atoms with Crippen LogP contribution in [-0.4, -0.2) is 16.6 Å². The Labute approximate surface area is 105 Å². The highest BCUT2D eigenvalue weighted by molar-refractivity contribution is 7.10. The van der Waals surface area contributed by atoms with Gasteiger partial charge in [-0.2, -0.15) is 0 Å². The van der Waals surface area contributed by atoms with E-state index in [9.17, 15) is 5.11 Å². The van der Waals surface area contributed by atoms with Gasteiger partial charge in [0.2, 0.25) is 0 Å². The molecule has 0 bridgehead atoms. The maximum absolute atomic E-state index is 9.94. The van der Waals surface area contributed by atoms with Gasteiger partial charge in [-0.15, -0.1) is 11.3 Å². The lowest BCUT2D eigenvalue weighted by atomic mass is 10.1. The fourth-order valence-electron chi connectivity index (χ4n) is 1.62. The van der Waals surface area contributed by atoms with E-state index in [4.69, 9.17) is 0 Å². The summed E-state index contributed by atoms with van der Waals surface area (Å²) >= 11 is 1.58. The van der Waals surface area contributed by atoms with Crippen LogP contribution < -0.4 is 5.32 Å². The third-order valence-electron chi connectivity index (χ3n) is 2.67. The average molecular weight is 248 g/mol. The molecule has 2 heterocycles. The van der Waals surface area contributed by atoms with Crippen molar-refractivity contribution in [1.29, 1.82) is 0 Å². The predicted molar refractivity (Wildman–Crippen MR) is 69.9 cm³/mol. The minimum Gasteiger partial charge on any atom is -0.386 e. The number of aliphatic hydroxyl groups is 1. The summed E-state index contributed by atoms with van der Waals surface area (Å²) in [5.41, 5.74) is 1.13. The van der Waals surface area contributed by atoms with Gasteiger partial charge in [-0.05, 0) is 30.0 Å².